The molecular weight excluding hydrogens is 680 g/mol. The van der Waals surface area contributed by atoms with Gasteiger partial charge in [-0.05, 0) is 116 Å². The number of methoxy groups -OCH3 is 4. The highest BCUT2D eigenvalue weighted by atomic mass is 16.5. The van der Waals surface area contributed by atoms with Gasteiger partial charge in [0.2, 0.25) is 0 Å². The van der Waals surface area contributed by atoms with E-state index < -0.39 is 23.9 Å². The van der Waals surface area contributed by atoms with E-state index in [2.05, 4.69) is 23.7 Å². The second-order valence-electron chi connectivity index (χ2n) is 12.2. The summed E-state index contributed by atoms with van der Waals surface area (Å²) >= 11 is 0. The average Bonchev–Trinajstić information content (AvgIpc) is 3.22. The maximum Gasteiger partial charge on any atom is 0.338 e. The van der Waals surface area contributed by atoms with Crippen molar-refractivity contribution in [2.45, 2.75) is 0 Å². The van der Waals surface area contributed by atoms with Crippen LogP contribution < -0.4 is 0 Å². The Balaban J connectivity index is 1.68. The van der Waals surface area contributed by atoms with Crippen LogP contribution >= 0.6 is 0 Å². The number of benzene rings is 7. The molecule has 0 saturated heterocycles. The Morgan fingerprint density at radius 3 is 0.870 bits per heavy atom. The molecule has 0 saturated carbocycles. The van der Waals surface area contributed by atoms with Crippen molar-refractivity contribution in [1.82, 2.24) is 0 Å². The SMILES string of the molecule is COC(=O)c1cc2cc3c(C#Cc4ccccc4)c4cc5cc(C(=O)OC)c(C(=O)OC)cc5cc4c(C#Cc4ccccc4)c3cc2cc1C(=O)OC. The molecule has 0 heterocycles. The van der Waals surface area contributed by atoms with Gasteiger partial charge in [-0.2, -0.15) is 0 Å². The lowest BCUT2D eigenvalue weighted by Crippen LogP contribution is -2.12. The first-order valence-electron chi connectivity index (χ1n) is 16.7. The van der Waals surface area contributed by atoms with Gasteiger partial charge in [-0.25, -0.2) is 19.2 Å². The molecule has 54 heavy (non-hydrogen) atoms. The lowest BCUT2D eigenvalue weighted by atomic mass is 9.87. The van der Waals surface area contributed by atoms with Crippen LogP contribution in [-0.2, 0) is 18.9 Å². The van der Waals surface area contributed by atoms with Crippen molar-refractivity contribution in [1.29, 1.82) is 0 Å². The standard InChI is InChI=1S/C46H30O8/c1-51-43(47)39-23-29-19-35-33(17-15-27-11-7-5-8-12-27)37-21-31-25-41(45(49)53-3)42(46(50)54-4)26-32(31)22-38(37)34(18-16-28-13-9-6-10-14-28)36(35)20-30(29)24-40(39)44(48)52-2/h5-14,19-26H,1-4H3. The Labute approximate surface area is 310 Å². The third-order valence-electron chi connectivity index (χ3n) is 9.14. The fourth-order valence-electron chi connectivity index (χ4n) is 6.51. The van der Waals surface area contributed by atoms with Crippen molar-refractivity contribution < 1.29 is 38.1 Å². The van der Waals surface area contributed by atoms with Crippen molar-refractivity contribution in [2.75, 3.05) is 28.4 Å². The average molecular weight is 711 g/mol. The summed E-state index contributed by atoms with van der Waals surface area (Å²) in [7, 11) is 5.00. The largest absolute Gasteiger partial charge is 0.465 e. The fraction of sp³-hybridized carbons (Fsp3) is 0.0870. The van der Waals surface area contributed by atoms with Crippen molar-refractivity contribution in [2.24, 2.45) is 0 Å². The molecule has 0 unspecified atom stereocenters. The minimum atomic E-state index is -0.686. The molecule has 8 nitrogen and oxygen atoms in total. The van der Waals surface area contributed by atoms with Gasteiger partial charge in [0.1, 0.15) is 0 Å². The van der Waals surface area contributed by atoms with Crippen LogP contribution in [0.15, 0.2) is 109 Å². The van der Waals surface area contributed by atoms with Crippen LogP contribution in [0.2, 0.25) is 0 Å². The van der Waals surface area contributed by atoms with Gasteiger partial charge in [-0.1, -0.05) is 60.1 Å². The zero-order valence-corrected chi connectivity index (χ0v) is 29.7. The van der Waals surface area contributed by atoms with E-state index in [-0.39, 0.29) is 22.3 Å². The molecule has 8 heteroatoms. The van der Waals surface area contributed by atoms with Crippen molar-refractivity contribution >= 4 is 67.0 Å². The monoisotopic (exact) mass is 710 g/mol. The molecule has 7 aromatic rings. The van der Waals surface area contributed by atoms with Gasteiger partial charge >= 0.3 is 23.9 Å². The van der Waals surface area contributed by atoms with E-state index in [1.54, 1.807) is 24.3 Å². The van der Waals surface area contributed by atoms with E-state index in [0.29, 0.717) is 32.7 Å². The lowest BCUT2D eigenvalue weighted by Gasteiger charge is -2.16. The third kappa shape index (κ3) is 6.45. The van der Waals surface area contributed by atoms with Gasteiger partial charge in [-0.15, -0.1) is 0 Å². The summed E-state index contributed by atoms with van der Waals surface area (Å²) in [6, 6.07) is 33.2. The van der Waals surface area contributed by atoms with Gasteiger partial charge in [0.25, 0.3) is 0 Å². The van der Waals surface area contributed by atoms with Crippen LogP contribution in [-0.4, -0.2) is 52.3 Å². The molecule has 0 atom stereocenters. The van der Waals surface area contributed by atoms with Gasteiger partial charge in [0.05, 0.1) is 50.7 Å². The van der Waals surface area contributed by atoms with E-state index >= 15 is 0 Å². The molecule has 0 amide bonds. The Kier molecular flexibility index (Phi) is 9.51. The molecule has 0 fully saturated rings. The highest BCUT2D eigenvalue weighted by molar-refractivity contribution is 6.18. The summed E-state index contributed by atoms with van der Waals surface area (Å²) in [5.74, 6) is 10.7. The van der Waals surface area contributed by atoms with Crippen LogP contribution in [0.1, 0.15) is 63.7 Å². The van der Waals surface area contributed by atoms with Crippen molar-refractivity contribution in [3.05, 3.63) is 154 Å². The highest BCUT2D eigenvalue weighted by Crippen LogP contribution is 2.38. The van der Waals surface area contributed by atoms with Gasteiger partial charge in [0, 0.05) is 22.3 Å². The molecule has 0 N–H and O–H groups in total. The van der Waals surface area contributed by atoms with E-state index in [4.69, 9.17) is 18.9 Å². The van der Waals surface area contributed by atoms with Gasteiger partial charge in [-0.3, -0.25) is 0 Å². The van der Waals surface area contributed by atoms with E-state index in [1.807, 2.05) is 84.9 Å². The number of hydrogen-bond donors (Lipinski definition) is 0. The predicted octanol–water partition coefficient (Wildman–Crippen LogP) is 8.25. The molecule has 0 radical (unpaired) electrons. The quantitative estimate of drug-likeness (QED) is 0.0779. The van der Waals surface area contributed by atoms with Crippen LogP contribution in [0.3, 0.4) is 0 Å². The molecule has 7 aromatic carbocycles. The normalized spacial score (nSPS) is 10.6. The summed E-state index contributed by atoms with van der Waals surface area (Å²) in [6.45, 7) is 0. The minimum Gasteiger partial charge on any atom is -0.465 e. The fourth-order valence-corrected chi connectivity index (χ4v) is 6.51. The van der Waals surface area contributed by atoms with Crippen LogP contribution in [0.25, 0.3) is 43.1 Å². The maximum atomic E-state index is 12.9. The van der Waals surface area contributed by atoms with Crippen molar-refractivity contribution in [3.63, 3.8) is 0 Å². The molecule has 7 rings (SSSR count). The molecule has 0 bridgehead atoms. The molecule has 0 aromatic heterocycles. The summed E-state index contributed by atoms with van der Waals surface area (Å²) in [5, 5.41) is 5.53. The van der Waals surface area contributed by atoms with Crippen LogP contribution in [0.5, 0.6) is 0 Å². The number of rotatable bonds is 4. The number of carbonyl (C=O) groups is 4. The van der Waals surface area contributed by atoms with Gasteiger partial charge in [0.15, 0.2) is 0 Å². The molecule has 0 aliphatic rings. The number of fused-ring (bicyclic) bond motifs is 4. The zero-order valence-electron chi connectivity index (χ0n) is 29.7. The zero-order chi connectivity index (χ0) is 37.9. The molecule has 262 valence electrons. The topological polar surface area (TPSA) is 105 Å². The van der Waals surface area contributed by atoms with E-state index in [1.165, 1.54) is 28.4 Å². The highest BCUT2D eigenvalue weighted by Gasteiger charge is 2.23. The summed E-state index contributed by atoms with van der Waals surface area (Å²) in [4.78, 5) is 51.6. The predicted molar refractivity (Wildman–Crippen MR) is 207 cm³/mol. The smallest absolute Gasteiger partial charge is 0.338 e. The van der Waals surface area contributed by atoms with Gasteiger partial charge < -0.3 is 18.9 Å². The number of carbonyl (C=O) groups excluding carboxylic acids is 4. The number of ether oxygens (including phenoxy) is 4. The third-order valence-corrected chi connectivity index (χ3v) is 9.14. The minimum absolute atomic E-state index is 0.0562. The first-order valence-corrected chi connectivity index (χ1v) is 16.7. The summed E-state index contributed by atoms with van der Waals surface area (Å²) < 4.78 is 20.1. The maximum absolute atomic E-state index is 12.9. The lowest BCUT2D eigenvalue weighted by molar-refractivity contribution is 0.0555. The Bertz CT molecular complexity index is 2500. The first-order chi connectivity index (χ1) is 26.2. The number of esters is 4. The van der Waals surface area contributed by atoms with Crippen LogP contribution in [0.4, 0.5) is 0 Å². The Morgan fingerprint density at radius 1 is 0.370 bits per heavy atom. The van der Waals surface area contributed by atoms with E-state index in [9.17, 15) is 19.2 Å². The summed E-state index contributed by atoms with van der Waals surface area (Å²) in [6.07, 6.45) is 0. The second-order valence-corrected chi connectivity index (χ2v) is 12.2. The molecule has 0 spiro atoms. The summed E-state index contributed by atoms with van der Waals surface area (Å²) in [5.41, 5.74) is 3.12. The first kappa shape index (κ1) is 35.0. The van der Waals surface area contributed by atoms with E-state index in [0.717, 1.165) is 32.7 Å². The number of hydrogen-bond acceptors (Lipinski definition) is 8. The Hall–Kier alpha value is -7.42. The van der Waals surface area contributed by atoms with Crippen LogP contribution in [0, 0.1) is 23.7 Å². The molecular formula is C46H30O8. The molecule has 0 aliphatic heterocycles. The Morgan fingerprint density at radius 2 is 0.630 bits per heavy atom. The molecule has 0 aliphatic carbocycles. The second kappa shape index (κ2) is 14.7. The van der Waals surface area contributed by atoms with Crippen molar-refractivity contribution in [3.8, 4) is 23.7 Å².